The van der Waals surface area contributed by atoms with Gasteiger partial charge in [-0.2, -0.15) is 5.10 Å². The Balaban J connectivity index is 0.00000225. The number of nitrogens with zero attached hydrogens (tertiary/aromatic N) is 1. The monoisotopic (exact) mass is 497 g/mol. The number of anilines is 1. The molecule has 1 aliphatic rings. The zero-order valence-corrected chi connectivity index (χ0v) is 20.2. The van der Waals surface area contributed by atoms with Crippen molar-refractivity contribution in [1.82, 2.24) is 0 Å². The van der Waals surface area contributed by atoms with E-state index in [2.05, 4.69) is 10.5 Å². The van der Waals surface area contributed by atoms with Gasteiger partial charge >= 0.3 is 29.6 Å². The van der Waals surface area contributed by atoms with E-state index < -0.39 is 30.8 Å². The summed E-state index contributed by atoms with van der Waals surface area (Å²) in [7, 11) is -8.70. The number of hydrogen-bond donors (Lipinski definition) is 3. The van der Waals surface area contributed by atoms with Gasteiger partial charge in [0.2, 0.25) is 15.8 Å². The number of hydrazone groups is 1. The molecule has 0 aromatic heterocycles. The van der Waals surface area contributed by atoms with Gasteiger partial charge in [-0.05, 0) is 42.0 Å². The van der Waals surface area contributed by atoms with Gasteiger partial charge in [-0.15, -0.1) is 0 Å². The Morgan fingerprint density at radius 2 is 1.63 bits per heavy atom. The maximum atomic E-state index is 12.2. The van der Waals surface area contributed by atoms with Crippen LogP contribution in [0.25, 0.3) is 6.08 Å². The summed E-state index contributed by atoms with van der Waals surface area (Å²) in [6.07, 6.45) is 2.47. The third-order valence-electron chi connectivity index (χ3n) is 3.80. The first-order valence-electron chi connectivity index (χ1n) is 7.49. The summed E-state index contributed by atoms with van der Waals surface area (Å²) in [4.78, 5) is 11.4. The summed E-state index contributed by atoms with van der Waals surface area (Å²) in [5.41, 5.74) is 2.66. The average Bonchev–Trinajstić information content (AvgIpc) is 2.60. The predicted octanol–water partition coefficient (Wildman–Crippen LogP) is -2.64. The number of nitrogens with two attached hydrogens (primary N) is 1. The van der Waals surface area contributed by atoms with E-state index in [0.717, 1.165) is 36.4 Å². The van der Waals surface area contributed by atoms with Crippen molar-refractivity contribution < 1.29 is 78.2 Å². The molecule has 2 aromatic carbocycles. The first-order valence-corrected chi connectivity index (χ1v) is 10.4. The van der Waals surface area contributed by atoms with Crippen LogP contribution in [-0.4, -0.2) is 38.0 Å². The van der Waals surface area contributed by atoms with E-state index in [1.54, 1.807) is 0 Å². The third-order valence-corrected chi connectivity index (χ3v) is 5.54. The Bertz CT molecular complexity index is 1280. The molecule has 4 N–H and O–H groups in total. The minimum atomic E-state index is -4.67. The Hall–Kier alpha value is -1.53. The van der Waals surface area contributed by atoms with Gasteiger partial charge in [-0.1, -0.05) is 12.1 Å². The van der Waals surface area contributed by atoms with Crippen molar-refractivity contribution in [2.45, 2.75) is 9.79 Å². The quantitative estimate of drug-likeness (QED) is 0.177. The first kappa shape index (κ1) is 26.5. The number of phenolic OH excluding ortho intramolecular Hbond substituents is 1. The second kappa shape index (κ2) is 9.73. The molecule has 2 aromatic rings. The molecule has 0 heterocycles. The van der Waals surface area contributed by atoms with E-state index in [1.807, 2.05) is 0 Å². The molecule has 0 bridgehead atoms. The topological polar surface area (TPSA) is 179 Å². The van der Waals surface area contributed by atoms with Gasteiger partial charge < -0.3 is 9.66 Å². The number of nitrogens with one attached hydrogen (secondary N) is 1. The number of primary sulfonamides is 1. The van der Waals surface area contributed by atoms with Gasteiger partial charge in [0.05, 0.1) is 15.5 Å². The largest absolute Gasteiger partial charge is 1.00 e. The first-order chi connectivity index (χ1) is 13.0. The van der Waals surface area contributed by atoms with E-state index >= 15 is 0 Å². The average molecular weight is 497 g/mol. The van der Waals surface area contributed by atoms with Crippen LogP contribution in [0.1, 0.15) is 11.1 Å². The van der Waals surface area contributed by atoms with Crippen molar-refractivity contribution in [1.29, 1.82) is 0 Å². The Labute approximate surface area is 205 Å². The van der Waals surface area contributed by atoms with Gasteiger partial charge in [0.25, 0.3) is 0 Å². The molecule has 0 saturated heterocycles. The van der Waals surface area contributed by atoms with Crippen molar-refractivity contribution in [3.05, 3.63) is 53.6 Å². The standard InChI is InChI=1S/C16H13N3O7S2.Cr.Na/c17-27(22,23)10-3-6-14(20)13(8-10)18-19-16-12-4-2-11(28(24,25)26)7-9(12)1-5-15(16)21;;/h1-8,18,20H,(H2,17,22,23)(H,24,25,26);;/q;;+1/p-1/b19-16-;;. The molecule has 0 fully saturated rings. The summed E-state index contributed by atoms with van der Waals surface area (Å²) in [6.45, 7) is 0. The Morgan fingerprint density at radius 1 is 1.00 bits per heavy atom. The number of phenols is 1. The minimum Gasteiger partial charge on any atom is -0.744 e. The van der Waals surface area contributed by atoms with Crippen molar-refractivity contribution in [2.75, 3.05) is 5.43 Å². The fraction of sp³-hybridized carbons (Fsp3) is 0. The molecule has 3 rings (SSSR count). The number of aromatic hydroxyl groups is 1. The number of carbonyl (C=O) groups is 1. The van der Waals surface area contributed by atoms with E-state index in [9.17, 15) is 31.3 Å². The molecule has 0 aliphatic heterocycles. The molecular weight excluding hydrogens is 485 g/mol. The van der Waals surface area contributed by atoms with Crippen LogP contribution in [0.15, 0.2) is 57.4 Å². The Kier molecular flexibility index (Phi) is 8.60. The van der Waals surface area contributed by atoms with Crippen LogP contribution >= 0.6 is 0 Å². The molecule has 1 aliphatic carbocycles. The molecule has 0 unspecified atom stereocenters. The van der Waals surface area contributed by atoms with Gasteiger partial charge in [0.1, 0.15) is 21.6 Å². The van der Waals surface area contributed by atoms with Crippen molar-refractivity contribution in [2.24, 2.45) is 10.2 Å². The zero-order valence-electron chi connectivity index (χ0n) is 15.3. The van der Waals surface area contributed by atoms with Gasteiger partial charge in [0, 0.05) is 22.9 Å². The molecule has 0 saturated carbocycles. The second-order valence-corrected chi connectivity index (χ2v) is 8.64. The molecule has 152 valence electrons. The molecule has 0 atom stereocenters. The van der Waals surface area contributed by atoms with E-state index in [0.29, 0.717) is 0 Å². The van der Waals surface area contributed by atoms with Gasteiger partial charge in [0.15, 0.2) is 0 Å². The van der Waals surface area contributed by atoms with Crippen molar-refractivity contribution >= 4 is 43.4 Å². The number of sulfonamides is 1. The summed E-state index contributed by atoms with van der Waals surface area (Å²) in [6, 6.07) is 6.62. The summed E-state index contributed by atoms with van der Waals surface area (Å²) in [5.74, 6) is -0.872. The van der Waals surface area contributed by atoms with Crippen LogP contribution in [0.2, 0.25) is 0 Å². The number of carbonyl (C=O) groups excluding carboxylic acids is 1. The number of ketones is 1. The SMILES string of the molecule is NS(=O)(=O)c1ccc(O)c(N/N=C2\C(=O)C=Cc3cc(S(=O)(=O)[O-])ccc32)c1.[Cr].[Na+]. The van der Waals surface area contributed by atoms with E-state index in [4.69, 9.17) is 5.14 Å². The van der Waals surface area contributed by atoms with Crippen molar-refractivity contribution in [3.8, 4) is 5.75 Å². The number of rotatable bonds is 4. The van der Waals surface area contributed by atoms with Gasteiger partial charge in [-0.3, -0.25) is 10.2 Å². The summed E-state index contributed by atoms with van der Waals surface area (Å²) >= 11 is 0. The van der Waals surface area contributed by atoms with Crippen LogP contribution in [0.4, 0.5) is 5.69 Å². The molecule has 0 spiro atoms. The zero-order chi connectivity index (χ0) is 20.7. The van der Waals surface area contributed by atoms with E-state index in [1.165, 1.54) is 12.1 Å². The summed E-state index contributed by atoms with van der Waals surface area (Å²) < 4.78 is 56.3. The van der Waals surface area contributed by atoms with Crippen LogP contribution in [-0.2, 0) is 42.3 Å². The predicted molar refractivity (Wildman–Crippen MR) is 98.1 cm³/mol. The van der Waals surface area contributed by atoms with E-state index in [-0.39, 0.29) is 80.1 Å². The molecule has 30 heavy (non-hydrogen) atoms. The normalized spacial score (nSPS) is 14.5. The van der Waals surface area contributed by atoms with Crippen LogP contribution in [0.5, 0.6) is 5.75 Å². The number of fused-ring (bicyclic) bond motifs is 1. The third kappa shape index (κ3) is 5.79. The fourth-order valence-electron chi connectivity index (χ4n) is 2.44. The maximum absolute atomic E-state index is 12.2. The summed E-state index contributed by atoms with van der Waals surface area (Å²) in [5, 5.41) is 18.8. The maximum Gasteiger partial charge on any atom is 1.00 e. The fourth-order valence-corrected chi connectivity index (χ4v) is 3.49. The molecule has 14 heteroatoms. The minimum absolute atomic E-state index is 0. The second-order valence-electron chi connectivity index (χ2n) is 5.70. The Morgan fingerprint density at radius 3 is 2.23 bits per heavy atom. The smallest absolute Gasteiger partial charge is 0.744 e. The molecule has 10 nitrogen and oxygen atoms in total. The van der Waals surface area contributed by atoms with Gasteiger partial charge in [-0.25, -0.2) is 22.0 Å². The van der Waals surface area contributed by atoms with Crippen LogP contribution in [0.3, 0.4) is 0 Å². The number of benzene rings is 2. The molecular formula is C16H12CrN3NaO7S2. The van der Waals surface area contributed by atoms with Crippen LogP contribution in [0, 0.1) is 0 Å². The molecule has 0 amide bonds. The number of allylic oxidation sites excluding steroid dienone is 1. The molecule has 0 radical (unpaired) electrons. The number of hydrogen-bond acceptors (Lipinski definition) is 9. The van der Waals surface area contributed by atoms with Crippen molar-refractivity contribution in [3.63, 3.8) is 0 Å². The van der Waals surface area contributed by atoms with Crippen LogP contribution < -0.4 is 40.1 Å².